The number of nitriles is 1. The molecule has 2 heteroatoms. The lowest BCUT2D eigenvalue weighted by molar-refractivity contribution is 0.886. The third kappa shape index (κ3) is 38.9. The summed E-state index contributed by atoms with van der Waals surface area (Å²) < 4.78 is 0. The van der Waals surface area contributed by atoms with Crippen molar-refractivity contribution in [2.75, 3.05) is 6.16 Å². The third-order valence-corrected chi connectivity index (χ3v) is 0.774. The Hall–Kier alpha value is -0.0800. The molecule has 0 N–H and O–H groups in total. The highest BCUT2D eigenvalue weighted by molar-refractivity contribution is 7.16. The van der Waals surface area contributed by atoms with Gasteiger partial charge in [-0.2, -0.15) is 5.26 Å². The summed E-state index contributed by atoms with van der Waals surface area (Å²) in [6.07, 6.45) is 3.18. The van der Waals surface area contributed by atoms with Crippen LogP contribution in [0.1, 0.15) is 26.7 Å². The summed E-state index contributed by atoms with van der Waals surface area (Å²) >= 11 is 0. The van der Waals surface area contributed by atoms with Crippen LogP contribution < -0.4 is 0 Å². The Morgan fingerprint density at radius 1 is 1.38 bits per heavy atom. The van der Waals surface area contributed by atoms with E-state index in [0.29, 0.717) is 6.16 Å². The zero-order valence-electron chi connectivity index (χ0n) is 5.65. The second-order valence-corrected chi connectivity index (χ2v) is 1.77. The van der Waals surface area contributed by atoms with Crippen LogP contribution in [-0.2, 0) is 0 Å². The Labute approximate surface area is 54.3 Å². The summed E-state index contributed by atoms with van der Waals surface area (Å²) in [5, 5.41) is 7.60. The zero-order chi connectivity index (χ0) is 6.83. The van der Waals surface area contributed by atoms with Crippen molar-refractivity contribution in [2.45, 2.75) is 26.7 Å². The van der Waals surface area contributed by atoms with Crippen LogP contribution in [0.25, 0.3) is 0 Å². The minimum absolute atomic E-state index is 0.542. The smallest absolute Gasteiger partial charge is 0.0663 e. The molecule has 0 aliphatic heterocycles. The Balaban J connectivity index is 0. The molecule has 1 unspecified atom stereocenters. The standard InChI is InChI=1S/C4H10.C2H4NP/c1-3-4-2;3-1-2-4/h3-4H2,1-2H3;2,4H2. The molecular formula is C6H14NP. The Bertz CT molecular complexity index is 54.0. The molecule has 8 heavy (non-hydrogen) atoms. The molecule has 0 saturated carbocycles. The van der Waals surface area contributed by atoms with E-state index in [-0.39, 0.29) is 0 Å². The summed E-state index contributed by atoms with van der Waals surface area (Å²) in [6.45, 7) is 4.36. The second kappa shape index (κ2) is 15.8. The molecule has 0 amide bonds. The van der Waals surface area contributed by atoms with Gasteiger partial charge in [0, 0.05) is 6.16 Å². The van der Waals surface area contributed by atoms with Crippen LogP contribution in [0.3, 0.4) is 0 Å². The van der Waals surface area contributed by atoms with Crippen LogP contribution in [0.15, 0.2) is 0 Å². The van der Waals surface area contributed by atoms with E-state index in [9.17, 15) is 0 Å². The molecular weight excluding hydrogens is 117 g/mol. The Kier molecular flexibility index (Phi) is 21.3. The number of hydrogen-bond donors (Lipinski definition) is 0. The van der Waals surface area contributed by atoms with E-state index in [4.69, 9.17) is 5.26 Å². The first-order valence-corrected chi connectivity index (χ1v) is 3.72. The van der Waals surface area contributed by atoms with E-state index in [1.807, 2.05) is 6.07 Å². The SMILES string of the molecule is CCCC.N#CCP. The average Bonchev–Trinajstić information content (AvgIpc) is 1.88. The van der Waals surface area contributed by atoms with Crippen molar-refractivity contribution >= 4 is 9.24 Å². The van der Waals surface area contributed by atoms with E-state index >= 15 is 0 Å². The maximum atomic E-state index is 7.60. The van der Waals surface area contributed by atoms with E-state index in [0.717, 1.165) is 0 Å². The largest absolute Gasteiger partial charge is 0.198 e. The number of unbranched alkanes of at least 4 members (excludes halogenated alkanes) is 1. The van der Waals surface area contributed by atoms with E-state index in [2.05, 4.69) is 23.1 Å². The van der Waals surface area contributed by atoms with Crippen molar-refractivity contribution in [1.29, 1.82) is 5.26 Å². The molecule has 0 saturated heterocycles. The predicted octanol–water partition coefficient (Wildman–Crippen LogP) is 2.19. The Morgan fingerprint density at radius 3 is 1.62 bits per heavy atom. The van der Waals surface area contributed by atoms with Gasteiger partial charge in [0.2, 0.25) is 0 Å². The van der Waals surface area contributed by atoms with Crippen LogP contribution in [0.5, 0.6) is 0 Å². The summed E-state index contributed by atoms with van der Waals surface area (Å²) in [4.78, 5) is 0. The van der Waals surface area contributed by atoms with Gasteiger partial charge >= 0.3 is 0 Å². The van der Waals surface area contributed by atoms with Gasteiger partial charge in [-0.05, 0) is 0 Å². The van der Waals surface area contributed by atoms with Gasteiger partial charge in [-0.15, -0.1) is 9.24 Å². The molecule has 0 rings (SSSR count). The average molecular weight is 131 g/mol. The van der Waals surface area contributed by atoms with Crippen LogP contribution in [-0.4, -0.2) is 6.16 Å². The first kappa shape index (κ1) is 10.8. The van der Waals surface area contributed by atoms with Crippen LogP contribution >= 0.6 is 9.24 Å². The van der Waals surface area contributed by atoms with Gasteiger partial charge in [0.1, 0.15) is 0 Å². The maximum absolute atomic E-state index is 7.60. The monoisotopic (exact) mass is 131 g/mol. The molecule has 0 aromatic heterocycles. The fourth-order valence-electron chi connectivity index (χ4n) is 0. The molecule has 48 valence electrons. The lowest BCUT2D eigenvalue weighted by atomic mass is 10.4. The highest BCUT2D eigenvalue weighted by atomic mass is 31.0. The highest BCUT2D eigenvalue weighted by Crippen LogP contribution is 1.76. The molecule has 0 heterocycles. The Morgan fingerprint density at radius 2 is 1.62 bits per heavy atom. The lowest BCUT2D eigenvalue weighted by Gasteiger charge is -1.68. The molecule has 0 radical (unpaired) electrons. The van der Waals surface area contributed by atoms with Crippen molar-refractivity contribution in [3.8, 4) is 6.07 Å². The number of hydrogen-bond acceptors (Lipinski definition) is 1. The molecule has 0 spiro atoms. The van der Waals surface area contributed by atoms with Gasteiger partial charge in [-0.3, -0.25) is 0 Å². The number of nitrogens with zero attached hydrogens (tertiary/aromatic N) is 1. The fraction of sp³-hybridized carbons (Fsp3) is 0.833. The quantitative estimate of drug-likeness (QED) is 0.500. The molecule has 0 aromatic carbocycles. The van der Waals surface area contributed by atoms with E-state index < -0.39 is 0 Å². The third-order valence-electron chi connectivity index (χ3n) is 0.591. The lowest BCUT2D eigenvalue weighted by Crippen LogP contribution is -1.47. The molecule has 0 fully saturated rings. The van der Waals surface area contributed by atoms with Gasteiger partial charge in [0.05, 0.1) is 6.07 Å². The summed E-state index contributed by atoms with van der Waals surface area (Å²) in [5.74, 6) is 0. The second-order valence-electron chi connectivity index (χ2n) is 1.36. The fourth-order valence-corrected chi connectivity index (χ4v) is 0. The normalized spacial score (nSPS) is 6.25. The first-order valence-electron chi connectivity index (χ1n) is 2.90. The van der Waals surface area contributed by atoms with Crippen molar-refractivity contribution < 1.29 is 0 Å². The maximum Gasteiger partial charge on any atom is 0.0663 e. The van der Waals surface area contributed by atoms with Crippen molar-refractivity contribution in [1.82, 2.24) is 0 Å². The minimum atomic E-state index is 0.542. The first-order chi connectivity index (χ1) is 3.83. The molecule has 0 aliphatic rings. The highest BCUT2D eigenvalue weighted by Gasteiger charge is 1.56. The summed E-state index contributed by atoms with van der Waals surface area (Å²) in [6, 6.07) is 1.89. The van der Waals surface area contributed by atoms with Gasteiger partial charge in [-0.1, -0.05) is 26.7 Å². The number of rotatable bonds is 1. The van der Waals surface area contributed by atoms with E-state index in [1.165, 1.54) is 12.8 Å². The summed E-state index contributed by atoms with van der Waals surface area (Å²) in [5.41, 5.74) is 0. The van der Waals surface area contributed by atoms with E-state index in [1.54, 1.807) is 0 Å². The van der Waals surface area contributed by atoms with Crippen LogP contribution in [0.2, 0.25) is 0 Å². The van der Waals surface area contributed by atoms with Gasteiger partial charge in [0.25, 0.3) is 0 Å². The molecule has 0 bridgehead atoms. The molecule has 1 atom stereocenters. The molecule has 0 aliphatic carbocycles. The van der Waals surface area contributed by atoms with Gasteiger partial charge < -0.3 is 0 Å². The van der Waals surface area contributed by atoms with Gasteiger partial charge in [0.15, 0.2) is 0 Å². The van der Waals surface area contributed by atoms with Crippen molar-refractivity contribution in [3.05, 3.63) is 0 Å². The van der Waals surface area contributed by atoms with Crippen LogP contribution in [0.4, 0.5) is 0 Å². The predicted molar refractivity (Wildman–Crippen MR) is 40.8 cm³/mol. The minimum Gasteiger partial charge on any atom is -0.198 e. The topological polar surface area (TPSA) is 23.8 Å². The van der Waals surface area contributed by atoms with Crippen molar-refractivity contribution in [3.63, 3.8) is 0 Å². The summed E-state index contributed by atoms with van der Waals surface area (Å²) in [7, 11) is 2.29. The zero-order valence-corrected chi connectivity index (χ0v) is 6.80. The van der Waals surface area contributed by atoms with Crippen LogP contribution in [0, 0.1) is 11.3 Å². The molecule has 0 aromatic rings. The van der Waals surface area contributed by atoms with Gasteiger partial charge in [-0.25, -0.2) is 0 Å². The van der Waals surface area contributed by atoms with Crippen molar-refractivity contribution in [2.24, 2.45) is 0 Å². The molecule has 1 nitrogen and oxygen atoms in total.